The highest BCUT2D eigenvalue weighted by molar-refractivity contribution is 6.34. The van der Waals surface area contributed by atoms with Gasteiger partial charge in [-0.1, -0.05) is 41.4 Å². The summed E-state index contributed by atoms with van der Waals surface area (Å²) in [6, 6.07) is 18.5. The van der Waals surface area contributed by atoms with E-state index in [-0.39, 0.29) is 16.8 Å². The van der Waals surface area contributed by atoms with E-state index < -0.39 is 6.10 Å². The normalized spacial score (nSPS) is 11.4. The van der Waals surface area contributed by atoms with Crippen molar-refractivity contribution in [3.8, 4) is 11.5 Å². The van der Waals surface area contributed by atoms with Gasteiger partial charge in [0.05, 0.1) is 23.5 Å². The van der Waals surface area contributed by atoms with Gasteiger partial charge in [-0.25, -0.2) is 0 Å². The van der Waals surface area contributed by atoms with Crippen LogP contribution in [0, 0.1) is 0 Å². The summed E-state index contributed by atoms with van der Waals surface area (Å²) in [7, 11) is 1.45. The van der Waals surface area contributed by atoms with Crippen molar-refractivity contribution in [3.05, 3.63) is 82.3 Å². The van der Waals surface area contributed by atoms with Crippen molar-refractivity contribution in [2.45, 2.75) is 13.0 Å². The molecule has 1 unspecified atom stereocenters. The summed E-state index contributed by atoms with van der Waals surface area (Å²) >= 11 is 12.2. The fraction of sp³-hybridized carbons (Fsp3) is 0.130. The highest BCUT2D eigenvalue weighted by Gasteiger charge is 2.19. The highest BCUT2D eigenvalue weighted by atomic mass is 35.5. The Balaban J connectivity index is 1.73. The Bertz CT molecular complexity index is 1070. The first-order valence-electron chi connectivity index (χ1n) is 9.34. The van der Waals surface area contributed by atoms with Crippen molar-refractivity contribution in [1.29, 1.82) is 0 Å². The number of ether oxygens (including phenoxy) is 2. The summed E-state index contributed by atoms with van der Waals surface area (Å²) in [6.07, 6.45) is -0.756. The largest absolute Gasteiger partial charge is 0.494 e. The summed E-state index contributed by atoms with van der Waals surface area (Å²) in [4.78, 5) is 25.0. The number of benzene rings is 3. The minimum atomic E-state index is -0.756. The Kier molecular flexibility index (Phi) is 7.39. The van der Waals surface area contributed by atoms with Crippen molar-refractivity contribution in [2.75, 3.05) is 17.7 Å². The SMILES string of the molecule is COc1cc(NC(=O)C(C)Oc2ccccc2)c(Cl)cc1NC(=O)c1ccc(Cl)cc1. The Morgan fingerprint density at radius 2 is 1.58 bits per heavy atom. The molecule has 0 bridgehead atoms. The minimum absolute atomic E-state index is 0.229. The second kappa shape index (κ2) is 10.2. The van der Waals surface area contributed by atoms with Crippen molar-refractivity contribution in [3.63, 3.8) is 0 Å². The molecule has 3 aromatic rings. The fourth-order valence-electron chi connectivity index (χ4n) is 2.70. The van der Waals surface area contributed by atoms with Gasteiger partial charge in [0.2, 0.25) is 0 Å². The van der Waals surface area contributed by atoms with Crippen LogP contribution in [0.2, 0.25) is 10.0 Å². The first-order chi connectivity index (χ1) is 14.9. The maximum atomic E-state index is 12.5. The first-order valence-corrected chi connectivity index (χ1v) is 10.1. The summed E-state index contributed by atoms with van der Waals surface area (Å²) in [6.45, 7) is 1.63. The number of carbonyl (C=O) groups excluding carboxylic acids is 2. The zero-order chi connectivity index (χ0) is 22.4. The molecular weight excluding hydrogens is 439 g/mol. The lowest BCUT2D eigenvalue weighted by Crippen LogP contribution is -2.30. The van der Waals surface area contributed by atoms with E-state index in [0.717, 1.165) is 0 Å². The summed E-state index contributed by atoms with van der Waals surface area (Å²) in [5.74, 6) is 0.172. The molecule has 8 heteroatoms. The molecule has 6 nitrogen and oxygen atoms in total. The maximum absolute atomic E-state index is 12.5. The van der Waals surface area contributed by atoms with E-state index in [9.17, 15) is 9.59 Å². The molecule has 0 spiro atoms. The number of nitrogens with one attached hydrogen (secondary N) is 2. The van der Waals surface area contributed by atoms with Crippen LogP contribution in [0.3, 0.4) is 0 Å². The van der Waals surface area contributed by atoms with Gasteiger partial charge in [0.25, 0.3) is 11.8 Å². The minimum Gasteiger partial charge on any atom is -0.494 e. The topological polar surface area (TPSA) is 76.7 Å². The van der Waals surface area contributed by atoms with E-state index in [2.05, 4.69) is 10.6 Å². The van der Waals surface area contributed by atoms with Crippen LogP contribution >= 0.6 is 23.2 Å². The number of hydrogen-bond acceptors (Lipinski definition) is 4. The molecule has 3 aromatic carbocycles. The molecule has 0 aliphatic carbocycles. The fourth-order valence-corrected chi connectivity index (χ4v) is 3.04. The molecule has 0 aliphatic heterocycles. The van der Waals surface area contributed by atoms with Gasteiger partial charge in [-0.15, -0.1) is 0 Å². The van der Waals surface area contributed by atoms with Crippen LogP contribution in [0.4, 0.5) is 11.4 Å². The van der Waals surface area contributed by atoms with Crippen LogP contribution in [0.5, 0.6) is 11.5 Å². The molecule has 3 rings (SSSR count). The molecular formula is C23H20Cl2N2O4. The number of para-hydroxylation sites is 1. The molecule has 0 fully saturated rings. The lowest BCUT2D eigenvalue weighted by molar-refractivity contribution is -0.122. The smallest absolute Gasteiger partial charge is 0.265 e. The molecule has 0 aliphatic rings. The lowest BCUT2D eigenvalue weighted by Gasteiger charge is -2.17. The molecule has 1 atom stereocenters. The predicted octanol–water partition coefficient (Wildman–Crippen LogP) is 5.66. The molecule has 2 N–H and O–H groups in total. The predicted molar refractivity (Wildman–Crippen MR) is 123 cm³/mol. The molecule has 160 valence electrons. The Morgan fingerprint density at radius 3 is 2.23 bits per heavy atom. The third kappa shape index (κ3) is 5.90. The van der Waals surface area contributed by atoms with E-state index in [0.29, 0.717) is 33.5 Å². The average molecular weight is 459 g/mol. The van der Waals surface area contributed by atoms with E-state index >= 15 is 0 Å². The Morgan fingerprint density at radius 1 is 0.903 bits per heavy atom. The number of hydrogen-bond donors (Lipinski definition) is 2. The van der Waals surface area contributed by atoms with E-state index in [1.54, 1.807) is 43.3 Å². The van der Waals surface area contributed by atoms with Gasteiger partial charge < -0.3 is 20.1 Å². The maximum Gasteiger partial charge on any atom is 0.265 e. The monoisotopic (exact) mass is 458 g/mol. The molecule has 2 amide bonds. The van der Waals surface area contributed by atoms with Crippen molar-refractivity contribution in [2.24, 2.45) is 0 Å². The van der Waals surface area contributed by atoms with Crippen molar-refractivity contribution < 1.29 is 19.1 Å². The molecule has 0 heterocycles. The van der Waals surface area contributed by atoms with Gasteiger partial charge in [0, 0.05) is 16.7 Å². The molecule has 31 heavy (non-hydrogen) atoms. The first kappa shape index (κ1) is 22.5. The van der Waals surface area contributed by atoms with Gasteiger partial charge in [0.15, 0.2) is 6.10 Å². The van der Waals surface area contributed by atoms with Crippen LogP contribution in [-0.2, 0) is 4.79 Å². The zero-order valence-electron chi connectivity index (χ0n) is 16.8. The van der Waals surface area contributed by atoms with Crippen molar-refractivity contribution in [1.82, 2.24) is 0 Å². The molecule has 0 aromatic heterocycles. The number of methoxy groups -OCH3 is 1. The number of carbonyl (C=O) groups is 2. The average Bonchev–Trinajstić information content (AvgIpc) is 2.76. The number of rotatable bonds is 7. The summed E-state index contributed by atoms with van der Waals surface area (Å²) in [5.41, 5.74) is 1.11. The number of anilines is 2. The van der Waals surface area contributed by atoms with E-state index in [1.807, 2.05) is 18.2 Å². The van der Waals surface area contributed by atoms with Crippen molar-refractivity contribution >= 4 is 46.4 Å². The van der Waals surface area contributed by atoms with Gasteiger partial charge in [0.1, 0.15) is 11.5 Å². The molecule has 0 radical (unpaired) electrons. The quantitative estimate of drug-likeness (QED) is 0.478. The van der Waals surface area contributed by atoms with Gasteiger partial charge in [-0.2, -0.15) is 0 Å². The van der Waals surface area contributed by atoms with Gasteiger partial charge in [-0.3, -0.25) is 9.59 Å². The summed E-state index contributed by atoms with van der Waals surface area (Å²) < 4.78 is 11.0. The van der Waals surface area contributed by atoms with Crippen LogP contribution in [0.1, 0.15) is 17.3 Å². The Labute approximate surface area is 190 Å². The number of amides is 2. The molecule has 0 saturated carbocycles. The second-order valence-corrected chi connectivity index (χ2v) is 7.40. The summed E-state index contributed by atoms with van der Waals surface area (Å²) in [5, 5.41) is 6.22. The van der Waals surface area contributed by atoms with Crippen LogP contribution < -0.4 is 20.1 Å². The third-order valence-electron chi connectivity index (χ3n) is 4.33. The highest BCUT2D eigenvalue weighted by Crippen LogP contribution is 2.35. The zero-order valence-corrected chi connectivity index (χ0v) is 18.3. The van der Waals surface area contributed by atoms with Gasteiger partial charge in [-0.05, 0) is 49.4 Å². The van der Waals surface area contributed by atoms with E-state index in [4.69, 9.17) is 32.7 Å². The van der Waals surface area contributed by atoms with E-state index in [1.165, 1.54) is 19.2 Å². The van der Waals surface area contributed by atoms with Crippen LogP contribution in [0.15, 0.2) is 66.7 Å². The van der Waals surface area contributed by atoms with Crippen LogP contribution in [-0.4, -0.2) is 25.0 Å². The Hall–Kier alpha value is -3.22. The molecule has 0 saturated heterocycles. The standard InChI is InChI=1S/C23H20Cl2N2O4/c1-14(31-17-6-4-3-5-7-17)22(28)26-19-13-21(30-2)20(12-18(19)25)27-23(29)15-8-10-16(24)11-9-15/h3-14H,1-2H3,(H,26,28)(H,27,29). The van der Waals surface area contributed by atoms with Gasteiger partial charge >= 0.3 is 0 Å². The van der Waals surface area contributed by atoms with Crippen LogP contribution in [0.25, 0.3) is 0 Å². The lowest BCUT2D eigenvalue weighted by atomic mass is 10.2. The second-order valence-electron chi connectivity index (χ2n) is 6.56. The third-order valence-corrected chi connectivity index (χ3v) is 4.89. The number of halogens is 2.